The van der Waals surface area contributed by atoms with Crippen LogP contribution in [0, 0.1) is 6.92 Å². The van der Waals surface area contributed by atoms with E-state index in [9.17, 15) is 9.59 Å². The molecule has 0 bridgehead atoms. The minimum absolute atomic E-state index is 0.257. The Kier molecular flexibility index (Phi) is 5.09. The topological polar surface area (TPSA) is 74.0 Å². The maximum Gasteiger partial charge on any atom is 0.259 e. The molecule has 0 radical (unpaired) electrons. The van der Waals surface area contributed by atoms with E-state index >= 15 is 0 Å². The van der Waals surface area contributed by atoms with Crippen molar-refractivity contribution in [2.75, 3.05) is 10.6 Å². The second kappa shape index (κ2) is 7.45. The van der Waals surface area contributed by atoms with Crippen molar-refractivity contribution in [3.8, 4) is 11.3 Å². The molecule has 3 aromatic rings. The van der Waals surface area contributed by atoms with Gasteiger partial charge in [-0.2, -0.15) is 0 Å². The molecular formula is C20H18ClN3O2. The minimum Gasteiger partial charge on any atom is -0.356 e. The second-order valence-electron chi connectivity index (χ2n) is 5.86. The Morgan fingerprint density at radius 1 is 0.962 bits per heavy atom. The first-order valence-corrected chi connectivity index (χ1v) is 8.46. The van der Waals surface area contributed by atoms with Crippen molar-refractivity contribution in [2.45, 2.75) is 13.8 Å². The molecule has 0 saturated carbocycles. The molecule has 3 N–H and O–H groups in total. The van der Waals surface area contributed by atoms with Gasteiger partial charge in [0.1, 0.15) is 0 Å². The summed E-state index contributed by atoms with van der Waals surface area (Å²) in [5, 5.41) is 6.03. The quantitative estimate of drug-likeness (QED) is 0.616. The predicted molar refractivity (Wildman–Crippen MR) is 105 cm³/mol. The third-order valence-corrected chi connectivity index (χ3v) is 4.23. The first-order valence-electron chi connectivity index (χ1n) is 8.09. The number of halogens is 1. The van der Waals surface area contributed by atoms with Gasteiger partial charge in [-0.1, -0.05) is 54.1 Å². The van der Waals surface area contributed by atoms with Crippen LogP contribution >= 0.6 is 11.6 Å². The number of hydrogen-bond donors (Lipinski definition) is 3. The summed E-state index contributed by atoms with van der Waals surface area (Å²) in [6.07, 6.45) is 0. The number of hydrogen-bond acceptors (Lipinski definition) is 2. The summed E-state index contributed by atoms with van der Waals surface area (Å²) >= 11 is 6.13. The van der Waals surface area contributed by atoms with E-state index in [4.69, 9.17) is 11.6 Å². The van der Waals surface area contributed by atoms with Crippen molar-refractivity contribution in [1.82, 2.24) is 4.98 Å². The van der Waals surface area contributed by atoms with Crippen molar-refractivity contribution < 1.29 is 9.59 Å². The van der Waals surface area contributed by atoms with Gasteiger partial charge in [0.2, 0.25) is 5.91 Å². The van der Waals surface area contributed by atoms with Gasteiger partial charge in [0.25, 0.3) is 5.91 Å². The number of aromatic nitrogens is 1. The normalized spacial score (nSPS) is 10.4. The van der Waals surface area contributed by atoms with Crippen LogP contribution in [0.1, 0.15) is 23.0 Å². The van der Waals surface area contributed by atoms with Gasteiger partial charge in [0.15, 0.2) is 0 Å². The van der Waals surface area contributed by atoms with Crippen molar-refractivity contribution in [2.24, 2.45) is 0 Å². The largest absolute Gasteiger partial charge is 0.356 e. The number of aromatic amines is 1. The van der Waals surface area contributed by atoms with Crippen molar-refractivity contribution in [3.05, 3.63) is 70.9 Å². The summed E-state index contributed by atoms with van der Waals surface area (Å²) in [6, 6.07) is 16.5. The Morgan fingerprint density at radius 3 is 2.27 bits per heavy atom. The Hall–Kier alpha value is -3.05. The van der Waals surface area contributed by atoms with Gasteiger partial charge in [0, 0.05) is 18.2 Å². The van der Waals surface area contributed by atoms with Gasteiger partial charge in [-0.25, -0.2) is 0 Å². The molecule has 0 saturated heterocycles. The van der Waals surface area contributed by atoms with Crippen LogP contribution in [0.25, 0.3) is 11.3 Å². The summed E-state index contributed by atoms with van der Waals surface area (Å²) in [6.45, 7) is 3.20. The fourth-order valence-corrected chi connectivity index (χ4v) is 2.96. The van der Waals surface area contributed by atoms with E-state index in [1.54, 1.807) is 31.2 Å². The standard InChI is InChI=1S/C20H18ClN3O2/c1-12-17(20(26)24-16-11-7-6-10-15(16)21)19(23-13(2)25)18(22-12)14-8-4-3-5-9-14/h3-11,22H,1-2H3,(H,23,25)(H,24,26). The zero-order valence-corrected chi connectivity index (χ0v) is 15.1. The highest BCUT2D eigenvalue weighted by Crippen LogP contribution is 2.34. The average molecular weight is 368 g/mol. The van der Waals surface area contributed by atoms with Crippen LogP contribution in [0.4, 0.5) is 11.4 Å². The van der Waals surface area contributed by atoms with E-state index < -0.39 is 0 Å². The Labute approximate surface area is 156 Å². The van der Waals surface area contributed by atoms with E-state index in [2.05, 4.69) is 15.6 Å². The third-order valence-electron chi connectivity index (χ3n) is 3.90. The van der Waals surface area contributed by atoms with Crippen LogP contribution in [-0.2, 0) is 4.79 Å². The fourth-order valence-electron chi connectivity index (χ4n) is 2.78. The fraction of sp³-hybridized carbons (Fsp3) is 0.100. The molecule has 0 atom stereocenters. The summed E-state index contributed by atoms with van der Waals surface area (Å²) in [4.78, 5) is 27.8. The molecule has 0 fully saturated rings. The smallest absolute Gasteiger partial charge is 0.259 e. The lowest BCUT2D eigenvalue weighted by molar-refractivity contribution is -0.114. The third kappa shape index (κ3) is 3.63. The zero-order valence-electron chi connectivity index (χ0n) is 14.4. The van der Waals surface area contributed by atoms with E-state index in [-0.39, 0.29) is 11.8 Å². The molecule has 0 aliphatic heterocycles. The van der Waals surface area contributed by atoms with Gasteiger partial charge < -0.3 is 15.6 Å². The van der Waals surface area contributed by atoms with Gasteiger partial charge in [-0.15, -0.1) is 0 Å². The lowest BCUT2D eigenvalue weighted by Crippen LogP contribution is -2.16. The summed E-state index contributed by atoms with van der Waals surface area (Å²) in [5.74, 6) is -0.606. The highest BCUT2D eigenvalue weighted by molar-refractivity contribution is 6.34. The Morgan fingerprint density at radius 2 is 1.62 bits per heavy atom. The monoisotopic (exact) mass is 367 g/mol. The number of rotatable bonds is 4. The number of carbonyl (C=O) groups excluding carboxylic acids is 2. The molecule has 2 aromatic carbocycles. The highest BCUT2D eigenvalue weighted by atomic mass is 35.5. The second-order valence-corrected chi connectivity index (χ2v) is 6.26. The predicted octanol–water partition coefficient (Wildman–Crippen LogP) is 4.85. The number of para-hydroxylation sites is 1. The molecule has 2 amide bonds. The molecule has 132 valence electrons. The number of anilines is 2. The molecule has 5 nitrogen and oxygen atoms in total. The van der Waals surface area contributed by atoms with Gasteiger partial charge in [-0.3, -0.25) is 9.59 Å². The summed E-state index contributed by atoms with van der Waals surface area (Å²) < 4.78 is 0. The number of benzene rings is 2. The summed E-state index contributed by atoms with van der Waals surface area (Å²) in [5.41, 5.74) is 3.54. The molecule has 1 heterocycles. The maximum atomic E-state index is 12.9. The van der Waals surface area contributed by atoms with Crippen LogP contribution in [0.2, 0.25) is 5.02 Å². The first kappa shape index (κ1) is 17.8. The van der Waals surface area contributed by atoms with Gasteiger partial charge in [-0.05, 0) is 19.1 Å². The Balaban J connectivity index is 2.06. The van der Waals surface area contributed by atoms with Gasteiger partial charge in [0.05, 0.1) is 27.7 Å². The molecule has 6 heteroatoms. The first-order chi connectivity index (χ1) is 12.5. The minimum atomic E-state index is -0.349. The van der Waals surface area contributed by atoms with Crippen LogP contribution in [0.3, 0.4) is 0 Å². The molecule has 3 rings (SSSR count). The van der Waals surface area contributed by atoms with E-state index in [1.807, 2.05) is 30.3 Å². The van der Waals surface area contributed by atoms with Crippen molar-refractivity contribution in [3.63, 3.8) is 0 Å². The lowest BCUT2D eigenvalue weighted by Gasteiger charge is -2.10. The van der Waals surface area contributed by atoms with Crippen LogP contribution in [0.5, 0.6) is 0 Å². The van der Waals surface area contributed by atoms with Crippen LogP contribution in [-0.4, -0.2) is 16.8 Å². The molecule has 1 aromatic heterocycles. The zero-order chi connectivity index (χ0) is 18.7. The highest BCUT2D eigenvalue weighted by Gasteiger charge is 2.23. The molecular weight excluding hydrogens is 350 g/mol. The van der Waals surface area contributed by atoms with Crippen LogP contribution < -0.4 is 10.6 Å². The number of amides is 2. The van der Waals surface area contributed by atoms with E-state index in [0.717, 1.165) is 5.56 Å². The van der Waals surface area contributed by atoms with E-state index in [0.29, 0.717) is 33.3 Å². The Bertz CT molecular complexity index is 964. The molecule has 0 aliphatic carbocycles. The average Bonchev–Trinajstić information content (AvgIpc) is 2.93. The lowest BCUT2D eigenvalue weighted by atomic mass is 10.1. The number of nitrogens with one attached hydrogen (secondary N) is 3. The molecule has 26 heavy (non-hydrogen) atoms. The molecule has 0 aliphatic rings. The number of H-pyrrole nitrogens is 1. The van der Waals surface area contributed by atoms with Crippen molar-refractivity contribution in [1.29, 1.82) is 0 Å². The maximum absolute atomic E-state index is 12.9. The molecule has 0 unspecified atom stereocenters. The molecule has 0 spiro atoms. The number of aryl methyl sites for hydroxylation is 1. The summed E-state index contributed by atoms with van der Waals surface area (Å²) in [7, 11) is 0. The van der Waals surface area contributed by atoms with Gasteiger partial charge >= 0.3 is 0 Å². The SMILES string of the molecule is CC(=O)Nc1c(-c2ccccc2)[nH]c(C)c1C(=O)Nc1ccccc1Cl. The van der Waals surface area contributed by atoms with E-state index in [1.165, 1.54) is 6.92 Å². The van der Waals surface area contributed by atoms with Crippen LogP contribution in [0.15, 0.2) is 54.6 Å². The number of carbonyl (C=O) groups is 2. The van der Waals surface area contributed by atoms with Crippen molar-refractivity contribution >= 4 is 34.8 Å².